The van der Waals surface area contributed by atoms with Gasteiger partial charge in [-0.3, -0.25) is 14.5 Å². The molecule has 1 aromatic carbocycles. The number of rotatable bonds is 7. The average molecular weight is 333 g/mol. The molecule has 0 fully saturated rings. The number of fused-ring (bicyclic) bond motifs is 1. The maximum Gasteiger partial charge on any atom is 0.241 e. The summed E-state index contributed by atoms with van der Waals surface area (Å²) in [6, 6.07) is 5.84. The number of carbonyl (C=O) groups excluding carboxylic acids is 2. The van der Waals surface area contributed by atoms with Gasteiger partial charge in [0, 0.05) is 18.8 Å². The maximum atomic E-state index is 12.7. The van der Waals surface area contributed by atoms with Crippen LogP contribution < -0.4 is 15.0 Å². The number of methoxy groups -OCH3 is 1. The number of carbonyl (C=O) groups is 2. The van der Waals surface area contributed by atoms with Gasteiger partial charge in [-0.05, 0) is 50.1 Å². The number of benzene rings is 1. The second-order valence-electron chi connectivity index (χ2n) is 5.90. The number of amides is 2. The zero-order valence-corrected chi connectivity index (χ0v) is 14.8. The van der Waals surface area contributed by atoms with Gasteiger partial charge in [-0.25, -0.2) is 0 Å². The van der Waals surface area contributed by atoms with Crippen molar-refractivity contribution in [2.24, 2.45) is 0 Å². The van der Waals surface area contributed by atoms with E-state index in [1.54, 1.807) is 7.11 Å². The van der Waals surface area contributed by atoms with Crippen LogP contribution in [0.5, 0.6) is 5.75 Å². The standard InChI is InChI=1S/C18H27N3O3/c1-4-19-17(22)12-20(5-2)13-18(23)21-10-6-7-14-11-15(24-3)8-9-16(14)21/h8-9,11H,4-7,10,12-13H2,1-3H3,(H,19,22). The molecule has 0 saturated heterocycles. The molecule has 0 unspecified atom stereocenters. The highest BCUT2D eigenvalue weighted by atomic mass is 16.5. The fraction of sp³-hybridized carbons (Fsp3) is 0.556. The number of hydrogen-bond acceptors (Lipinski definition) is 4. The number of hydrogen-bond donors (Lipinski definition) is 1. The Bertz CT molecular complexity index is 589. The minimum absolute atomic E-state index is 0.0345. The summed E-state index contributed by atoms with van der Waals surface area (Å²) in [6.45, 7) is 6.33. The van der Waals surface area contributed by atoms with Crippen LogP contribution in [0.4, 0.5) is 5.69 Å². The highest BCUT2D eigenvalue weighted by molar-refractivity contribution is 5.96. The molecule has 0 spiro atoms. The van der Waals surface area contributed by atoms with Crippen LogP contribution in [0.25, 0.3) is 0 Å². The molecule has 6 heteroatoms. The maximum absolute atomic E-state index is 12.7. The summed E-state index contributed by atoms with van der Waals surface area (Å²) in [5.74, 6) is 0.803. The van der Waals surface area contributed by atoms with E-state index in [9.17, 15) is 9.59 Å². The predicted octanol–water partition coefficient (Wildman–Crippen LogP) is 1.43. The fourth-order valence-electron chi connectivity index (χ4n) is 2.97. The molecule has 24 heavy (non-hydrogen) atoms. The van der Waals surface area contributed by atoms with Gasteiger partial charge in [-0.15, -0.1) is 0 Å². The van der Waals surface area contributed by atoms with Gasteiger partial charge in [0.2, 0.25) is 11.8 Å². The van der Waals surface area contributed by atoms with E-state index < -0.39 is 0 Å². The fourth-order valence-corrected chi connectivity index (χ4v) is 2.97. The number of anilines is 1. The van der Waals surface area contributed by atoms with Gasteiger partial charge >= 0.3 is 0 Å². The summed E-state index contributed by atoms with van der Waals surface area (Å²) < 4.78 is 5.27. The Labute approximate surface area is 143 Å². The molecule has 0 aromatic heterocycles. The van der Waals surface area contributed by atoms with E-state index >= 15 is 0 Å². The third-order valence-electron chi connectivity index (χ3n) is 4.25. The first-order valence-corrected chi connectivity index (χ1v) is 8.55. The lowest BCUT2D eigenvalue weighted by Gasteiger charge is -2.31. The first-order valence-electron chi connectivity index (χ1n) is 8.55. The lowest BCUT2D eigenvalue weighted by atomic mass is 10.0. The van der Waals surface area contributed by atoms with Crippen LogP contribution in [0.1, 0.15) is 25.8 Å². The lowest BCUT2D eigenvalue weighted by Crippen LogP contribution is -2.45. The average Bonchev–Trinajstić information content (AvgIpc) is 2.60. The minimum Gasteiger partial charge on any atom is -0.497 e. The zero-order valence-electron chi connectivity index (χ0n) is 14.8. The van der Waals surface area contributed by atoms with Gasteiger partial charge in [-0.1, -0.05) is 6.92 Å². The van der Waals surface area contributed by atoms with Crippen molar-refractivity contribution in [3.8, 4) is 5.75 Å². The van der Waals surface area contributed by atoms with Crippen LogP contribution in [-0.4, -0.2) is 56.5 Å². The van der Waals surface area contributed by atoms with Gasteiger partial charge in [0.25, 0.3) is 0 Å². The van der Waals surface area contributed by atoms with Gasteiger partial charge in [0.05, 0.1) is 20.2 Å². The molecule has 0 bridgehead atoms. The summed E-state index contributed by atoms with van der Waals surface area (Å²) in [5.41, 5.74) is 2.10. The number of nitrogens with zero attached hydrogens (tertiary/aromatic N) is 2. The smallest absolute Gasteiger partial charge is 0.241 e. The molecule has 1 aliphatic heterocycles. The molecule has 0 saturated carbocycles. The first kappa shape index (κ1) is 18.3. The molecular formula is C18H27N3O3. The first-order chi connectivity index (χ1) is 11.6. The highest BCUT2D eigenvalue weighted by Crippen LogP contribution is 2.30. The van der Waals surface area contributed by atoms with Crippen molar-refractivity contribution in [2.45, 2.75) is 26.7 Å². The van der Waals surface area contributed by atoms with Crippen molar-refractivity contribution in [2.75, 3.05) is 44.7 Å². The molecule has 2 amide bonds. The van der Waals surface area contributed by atoms with Crippen LogP contribution >= 0.6 is 0 Å². The lowest BCUT2D eigenvalue weighted by molar-refractivity contribution is -0.124. The molecule has 0 radical (unpaired) electrons. The van der Waals surface area contributed by atoms with Crippen LogP contribution in [-0.2, 0) is 16.0 Å². The predicted molar refractivity (Wildman–Crippen MR) is 94.5 cm³/mol. The monoisotopic (exact) mass is 333 g/mol. The summed E-state index contributed by atoms with van der Waals surface area (Å²) >= 11 is 0. The molecule has 1 aromatic rings. The van der Waals surface area contributed by atoms with E-state index in [2.05, 4.69) is 5.32 Å². The van der Waals surface area contributed by atoms with E-state index in [1.165, 1.54) is 0 Å². The third kappa shape index (κ3) is 4.47. The summed E-state index contributed by atoms with van der Waals surface area (Å²) in [6.07, 6.45) is 1.89. The normalized spacial score (nSPS) is 13.6. The van der Waals surface area contributed by atoms with Crippen molar-refractivity contribution < 1.29 is 14.3 Å². The Morgan fingerprint density at radius 2 is 2.08 bits per heavy atom. The topological polar surface area (TPSA) is 61.9 Å². The van der Waals surface area contributed by atoms with E-state index in [-0.39, 0.29) is 24.9 Å². The number of aryl methyl sites for hydroxylation is 1. The van der Waals surface area contributed by atoms with Crippen LogP contribution in [0.3, 0.4) is 0 Å². The molecular weight excluding hydrogens is 306 g/mol. The van der Waals surface area contributed by atoms with E-state index in [0.717, 1.165) is 36.4 Å². The molecule has 6 nitrogen and oxygen atoms in total. The summed E-state index contributed by atoms with van der Waals surface area (Å²) in [4.78, 5) is 28.2. The van der Waals surface area contributed by atoms with Crippen molar-refractivity contribution in [3.63, 3.8) is 0 Å². The minimum atomic E-state index is -0.0454. The Hall–Kier alpha value is -2.08. The van der Waals surface area contributed by atoms with E-state index in [4.69, 9.17) is 4.74 Å². The second-order valence-corrected chi connectivity index (χ2v) is 5.90. The van der Waals surface area contributed by atoms with Gasteiger partial charge in [0.1, 0.15) is 5.75 Å². The van der Waals surface area contributed by atoms with Crippen LogP contribution in [0, 0.1) is 0 Å². The van der Waals surface area contributed by atoms with Crippen molar-refractivity contribution >= 4 is 17.5 Å². The Morgan fingerprint density at radius 3 is 2.75 bits per heavy atom. The molecule has 2 rings (SSSR count). The molecule has 0 atom stereocenters. The van der Waals surface area contributed by atoms with E-state index in [1.807, 2.05) is 41.8 Å². The SMILES string of the molecule is CCNC(=O)CN(CC)CC(=O)N1CCCc2cc(OC)ccc21. The quantitative estimate of drug-likeness (QED) is 0.820. The van der Waals surface area contributed by atoms with Gasteiger partial charge in [-0.2, -0.15) is 0 Å². The molecule has 1 N–H and O–H groups in total. The van der Waals surface area contributed by atoms with Crippen molar-refractivity contribution in [1.29, 1.82) is 0 Å². The largest absolute Gasteiger partial charge is 0.497 e. The van der Waals surface area contributed by atoms with Crippen LogP contribution in [0.15, 0.2) is 18.2 Å². The number of ether oxygens (including phenoxy) is 1. The van der Waals surface area contributed by atoms with Crippen LogP contribution in [0.2, 0.25) is 0 Å². The molecule has 132 valence electrons. The van der Waals surface area contributed by atoms with Crippen molar-refractivity contribution in [1.82, 2.24) is 10.2 Å². The molecule has 0 aliphatic carbocycles. The molecule has 1 aliphatic rings. The number of nitrogens with one attached hydrogen (secondary N) is 1. The van der Waals surface area contributed by atoms with E-state index in [0.29, 0.717) is 13.1 Å². The van der Waals surface area contributed by atoms with Gasteiger partial charge in [0.15, 0.2) is 0 Å². The van der Waals surface area contributed by atoms with Crippen molar-refractivity contribution in [3.05, 3.63) is 23.8 Å². The highest BCUT2D eigenvalue weighted by Gasteiger charge is 2.24. The zero-order chi connectivity index (χ0) is 17.5. The Kier molecular flexibility index (Phi) is 6.61. The Morgan fingerprint density at radius 1 is 1.29 bits per heavy atom. The summed E-state index contributed by atoms with van der Waals surface area (Å²) in [7, 11) is 1.65. The van der Waals surface area contributed by atoms with Gasteiger partial charge < -0.3 is 15.0 Å². The second kappa shape index (κ2) is 8.68. The Balaban J connectivity index is 2.06. The number of likely N-dealkylation sites (N-methyl/N-ethyl adjacent to an activating group) is 2. The third-order valence-corrected chi connectivity index (χ3v) is 4.25. The molecule has 1 heterocycles. The summed E-state index contributed by atoms with van der Waals surface area (Å²) in [5, 5.41) is 2.77.